The lowest BCUT2D eigenvalue weighted by Crippen LogP contribution is -2.43. The van der Waals surface area contributed by atoms with Crippen LogP contribution in [0.5, 0.6) is 0 Å². The molecule has 5 nitrogen and oxygen atoms in total. The molecule has 1 aliphatic carbocycles. The fourth-order valence-electron chi connectivity index (χ4n) is 4.40. The molecule has 0 bridgehead atoms. The number of rotatable bonds is 5. The van der Waals surface area contributed by atoms with Gasteiger partial charge < -0.3 is 4.74 Å². The molecule has 1 aliphatic heterocycles. The molecule has 1 unspecified atom stereocenters. The molecule has 3 rings (SSSR count). The number of carbonyl (C=O) groups excluding carboxylic acids is 1. The number of pyridine rings is 1. The van der Waals surface area contributed by atoms with Crippen LogP contribution in [-0.4, -0.2) is 40.7 Å². The van der Waals surface area contributed by atoms with E-state index in [1.807, 2.05) is 33.0 Å². The summed E-state index contributed by atoms with van der Waals surface area (Å²) in [5.74, 6) is 0.722. The SMILES string of the molecule is CCCN1CCCC1c1ccc(N(C(=O)OC(C)(C)C)C2CCCC2)nc1. The quantitative estimate of drug-likeness (QED) is 0.701. The van der Waals surface area contributed by atoms with Crippen molar-refractivity contribution in [2.24, 2.45) is 0 Å². The van der Waals surface area contributed by atoms with Crippen molar-refractivity contribution in [1.29, 1.82) is 0 Å². The van der Waals surface area contributed by atoms with E-state index in [0.29, 0.717) is 6.04 Å². The lowest BCUT2D eigenvalue weighted by atomic mass is 10.1. The maximum atomic E-state index is 12.9. The first kappa shape index (κ1) is 20.1. The Balaban J connectivity index is 1.79. The molecule has 1 aromatic heterocycles. The van der Waals surface area contributed by atoms with Gasteiger partial charge in [-0.15, -0.1) is 0 Å². The van der Waals surface area contributed by atoms with Gasteiger partial charge in [0.25, 0.3) is 0 Å². The van der Waals surface area contributed by atoms with Crippen LogP contribution in [0, 0.1) is 0 Å². The smallest absolute Gasteiger partial charge is 0.416 e. The molecule has 1 atom stereocenters. The maximum Gasteiger partial charge on any atom is 0.416 e. The summed E-state index contributed by atoms with van der Waals surface area (Å²) in [5.41, 5.74) is 0.763. The normalized spacial score (nSPS) is 21.6. The average Bonchev–Trinajstić information content (AvgIpc) is 3.27. The van der Waals surface area contributed by atoms with Crippen LogP contribution in [0.4, 0.5) is 10.6 Å². The van der Waals surface area contributed by atoms with Gasteiger partial charge in [-0.2, -0.15) is 0 Å². The van der Waals surface area contributed by atoms with Gasteiger partial charge in [-0.25, -0.2) is 9.78 Å². The fourth-order valence-corrected chi connectivity index (χ4v) is 4.40. The van der Waals surface area contributed by atoms with Crippen LogP contribution >= 0.6 is 0 Å². The van der Waals surface area contributed by atoms with Crippen molar-refractivity contribution in [3.8, 4) is 0 Å². The van der Waals surface area contributed by atoms with Gasteiger partial charge in [-0.1, -0.05) is 25.8 Å². The molecule has 0 radical (unpaired) electrons. The molecule has 1 amide bonds. The van der Waals surface area contributed by atoms with Gasteiger partial charge in [0.2, 0.25) is 0 Å². The summed E-state index contributed by atoms with van der Waals surface area (Å²) in [4.78, 5) is 21.9. The molecule has 0 N–H and O–H groups in total. The van der Waals surface area contributed by atoms with Crippen molar-refractivity contribution in [3.05, 3.63) is 23.9 Å². The lowest BCUT2D eigenvalue weighted by molar-refractivity contribution is 0.0564. The Kier molecular flexibility index (Phi) is 6.40. The third-order valence-corrected chi connectivity index (χ3v) is 5.56. The van der Waals surface area contributed by atoms with Gasteiger partial charge in [0.1, 0.15) is 11.4 Å². The van der Waals surface area contributed by atoms with Crippen LogP contribution < -0.4 is 4.90 Å². The van der Waals surface area contributed by atoms with Crippen molar-refractivity contribution in [3.63, 3.8) is 0 Å². The van der Waals surface area contributed by atoms with E-state index >= 15 is 0 Å². The number of hydrogen-bond acceptors (Lipinski definition) is 4. The Bertz CT molecular complexity index is 617. The minimum absolute atomic E-state index is 0.196. The highest BCUT2D eigenvalue weighted by Crippen LogP contribution is 2.33. The minimum Gasteiger partial charge on any atom is -0.443 e. The van der Waals surface area contributed by atoms with E-state index in [-0.39, 0.29) is 12.1 Å². The minimum atomic E-state index is -0.502. The van der Waals surface area contributed by atoms with Crippen LogP contribution in [0.2, 0.25) is 0 Å². The zero-order valence-corrected chi connectivity index (χ0v) is 17.4. The summed E-state index contributed by atoms with van der Waals surface area (Å²) in [6.07, 6.45) is 9.69. The predicted octanol–water partition coefficient (Wildman–Crippen LogP) is 5.31. The van der Waals surface area contributed by atoms with Gasteiger partial charge in [0.15, 0.2) is 0 Å². The molecule has 0 spiro atoms. The number of hydrogen-bond donors (Lipinski definition) is 0. The van der Waals surface area contributed by atoms with E-state index in [9.17, 15) is 4.79 Å². The van der Waals surface area contributed by atoms with Gasteiger partial charge in [-0.3, -0.25) is 9.80 Å². The number of anilines is 1. The molecule has 2 aliphatic rings. The average molecular weight is 374 g/mol. The van der Waals surface area contributed by atoms with E-state index in [1.54, 1.807) is 4.90 Å². The second kappa shape index (κ2) is 8.59. The molecule has 1 saturated carbocycles. The van der Waals surface area contributed by atoms with Crippen molar-refractivity contribution >= 4 is 11.9 Å². The van der Waals surface area contributed by atoms with Crippen molar-refractivity contribution in [2.75, 3.05) is 18.0 Å². The molecular formula is C22H35N3O2. The Hall–Kier alpha value is -1.62. The molecule has 2 heterocycles. The summed E-state index contributed by atoms with van der Waals surface area (Å²) in [7, 11) is 0. The summed E-state index contributed by atoms with van der Waals surface area (Å²) in [5, 5.41) is 0. The van der Waals surface area contributed by atoms with Crippen LogP contribution in [0.3, 0.4) is 0 Å². The first-order valence-corrected chi connectivity index (χ1v) is 10.6. The molecule has 5 heteroatoms. The van der Waals surface area contributed by atoms with Crippen molar-refractivity contribution < 1.29 is 9.53 Å². The Labute approximate surface area is 164 Å². The number of amides is 1. The maximum absolute atomic E-state index is 12.9. The molecule has 1 aromatic rings. The predicted molar refractivity (Wildman–Crippen MR) is 109 cm³/mol. The van der Waals surface area contributed by atoms with E-state index in [1.165, 1.54) is 31.4 Å². The lowest BCUT2D eigenvalue weighted by Gasteiger charge is -2.31. The van der Waals surface area contributed by atoms with Crippen molar-refractivity contribution in [2.45, 2.75) is 90.3 Å². The van der Waals surface area contributed by atoms with Crippen LogP contribution in [-0.2, 0) is 4.74 Å². The zero-order chi connectivity index (χ0) is 19.4. The third-order valence-electron chi connectivity index (χ3n) is 5.56. The molecule has 1 saturated heterocycles. The van der Waals surface area contributed by atoms with Crippen LogP contribution in [0.15, 0.2) is 18.3 Å². The van der Waals surface area contributed by atoms with Crippen molar-refractivity contribution in [1.82, 2.24) is 9.88 Å². The topological polar surface area (TPSA) is 45.7 Å². The van der Waals surface area contributed by atoms with E-state index < -0.39 is 5.60 Å². The van der Waals surface area contributed by atoms with Gasteiger partial charge in [0, 0.05) is 18.3 Å². The second-order valence-corrected chi connectivity index (χ2v) is 8.93. The number of nitrogens with zero attached hydrogens (tertiary/aromatic N) is 3. The van der Waals surface area contributed by atoms with Gasteiger partial charge in [-0.05, 0) is 77.6 Å². The summed E-state index contributed by atoms with van der Waals surface area (Å²) in [6.45, 7) is 10.3. The number of carbonyl (C=O) groups is 1. The molecule has 150 valence electrons. The Morgan fingerprint density at radius 3 is 2.56 bits per heavy atom. The molecule has 0 aromatic carbocycles. The molecule has 2 fully saturated rings. The zero-order valence-electron chi connectivity index (χ0n) is 17.4. The Morgan fingerprint density at radius 2 is 1.96 bits per heavy atom. The summed E-state index contributed by atoms with van der Waals surface area (Å²) < 4.78 is 5.68. The number of likely N-dealkylation sites (tertiary alicyclic amines) is 1. The summed E-state index contributed by atoms with van der Waals surface area (Å²) >= 11 is 0. The van der Waals surface area contributed by atoms with E-state index in [0.717, 1.165) is 38.0 Å². The van der Waals surface area contributed by atoms with Gasteiger partial charge in [0.05, 0.1) is 0 Å². The third kappa shape index (κ3) is 5.01. The van der Waals surface area contributed by atoms with Crippen LogP contribution in [0.1, 0.15) is 84.2 Å². The van der Waals surface area contributed by atoms with E-state index in [4.69, 9.17) is 9.72 Å². The highest BCUT2D eigenvalue weighted by Gasteiger charge is 2.33. The number of ether oxygens (including phenoxy) is 1. The molecule has 27 heavy (non-hydrogen) atoms. The second-order valence-electron chi connectivity index (χ2n) is 8.93. The van der Waals surface area contributed by atoms with E-state index in [2.05, 4.69) is 17.9 Å². The largest absolute Gasteiger partial charge is 0.443 e. The standard InChI is InChI=1S/C22H35N3O2/c1-5-14-24-15-8-11-19(24)17-12-13-20(23-16-17)25(18-9-6-7-10-18)21(26)27-22(2,3)4/h12-13,16,18-19H,5-11,14-15H2,1-4H3. The van der Waals surface area contributed by atoms with Gasteiger partial charge >= 0.3 is 6.09 Å². The van der Waals surface area contributed by atoms with Crippen LogP contribution in [0.25, 0.3) is 0 Å². The molecular weight excluding hydrogens is 338 g/mol. The number of aromatic nitrogens is 1. The monoisotopic (exact) mass is 373 g/mol. The summed E-state index contributed by atoms with van der Waals surface area (Å²) in [6, 6.07) is 4.84. The fraction of sp³-hybridized carbons (Fsp3) is 0.727. The Morgan fingerprint density at radius 1 is 1.22 bits per heavy atom. The first-order valence-electron chi connectivity index (χ1n) is 10.6. The highest BCUT2D eigenvalue weighted by molar-refractivity contribution is 5.87. The first-order chi connectivity index (χ1) is 12.9. The highest BCUT2D eigenvalue weighted by atomic mass is 16.6.